The maximum atomic E-state index is 11.7. The standard InChI is InChI=1S/C19H25ClN4O3/c1-14-15(10-23(2)22-14)11-24-6-7-27-19(12-24,9-18(21)25)13-26-17-5-3-4-16(20)8-17/h3-5,8,10H,6-7,9,11-13H2,1-2H3,(H2,21,25)/t19-/m1/s1. The molecule has 0 aliphatic carbocycles. The molecule has 7 nitrogen and oxygen atoms in total. The average Bonchev–Trinajstić information content (AvgIpc) is 2.90. The summed E-state index contributed by atoms with van der Waals surface area (Å²) in [5.41, 5.74) is 6.87. The minimum Gasteiger partial charge on any atom is -0.490 e. The molecular weight excluding hydrogens is 368 g/mol. The van der Waals surface area contributed by atoms with Crippen LogP contribution < -0.4 is 10.5 Å². The molecule has 0 radical (unpaired) electrons. The van der Waals surface area contributed by atoms with Crippen molar-refractivity contribution in [2.45, 2.75) is 25.5 Å². The van der Waals surface area contributed by atoms with Crippen LogP contribution in [0.3, 0.4) is 0 Å². The van der Waals surface area contributed by atoms with Crippen LogP contribution in [0.5, 0.6) is 5.75 Å². The number of carbonyl (C=O) groups is 1. The molecule has 2 N–H and O–H groups in total. The lowest BCUT2D eigenvalue weighted by atomic mass is 9.97. The van der Waals surface area contributed by atoms with E-state index < -0.39 is 11.5 Å². The van der Waals surface area contributed by atoms with Crippen molar-refractivity contribution in [2.24, 2.45) is 12.8 Å². The third-order valence-corrected chi connectivity index (χ3v) is 4.87. The summed E-state index contributed by atoms with van der Waals surface area (Å²) in [7, 11) is 1.91. The molecule has 1 aliphatic heterocycles. The number of morpholine rings is 1. The van der Waals surface area contributed by atoms with Gasteiger partial charge in [0.1, 0.15) is 18.0 Å². The average molecular weight is 393 g/mol. The molecular formula is C19H25ClN4O3. The van der Waals surface area contributed by atoms with Crippen molar-refractivity contribution in [3.8, 4) is 5.75 Å². The Morgan fingerprint density at radius 2 is 2.30 bits per heavy atom. The van der Waals surface area contributed by atoms with Crippen LogP contribution in [0.15, 0.2) is 30.5 Å². The Kier molecular flexibility index (Phi) is 6.04. The molecule has 0 saturated carbocycles. The quantitative estimate of drug-likeness (QED) is 0.778. The minimum absolute atomic E-state index is 0.0933. The van der Waals surface area contributed by atoms with E-state index in [1.165, 1.54) is 0 Å². The summed E-state index contributed by atoms with van der Waals surface area (Å²) in [6.07, 6.45) is 2.11. The second kappa shape index (κ2) is 8.29. The maximum absolute atomic E-state index is 11.7. The highest BCUT2D eigenvalue weighted by Crippen LogP contribution is 2.26. The molecule has 0 bridgehead atoms. The highest BCUT2D eigenvalue weighted by molar-refractivity contribution is 6.30. The van der Waals surface area contributed by atoms with Crippen LogP contribution in [0.2, 0.25) is 5.02 Å². The largest absolute Gasteiger partial charge is 0.490 e. The van der Waals surface area contributed by atoms with Crippen molar-refractivity contribution in [1.82, 2.24) is 14.7 Å². The van der Waals surface area contributed by atoms with Gasteiger partial charge in [-0.1, -0.05) is 17.7 Å². The fourth-order valence-electron chi connectivity index (χ4n) is 3.44. The summed E-state index contributed by atoms with van der Waals surface area (Å²) < 4.78 is 13.7. The van der Waals surface area contributed by atoms with Gasteiger partial charge in [0.05, 0.1) is 18.7 Å². The molecule has 1 aromatic heterocycles. The van der Waals surface area contributed by atoms with Crippen molar-refractivity contribution in [1.29, 1.82) is 0 Å². The monoisotopic (exact) mass is 392 g/mol. The van der Waals surface area contributed by atoms with Gasteiger partial charge >= 0.3 is 0 Å². The second-order valence-electron chi connectivity index (χ2n) is 7.04. The molecule has 1 fully saturated rings. The number of nitrogens with zero attached hydrogens (tertiary/aromatic N) is 3. The predicted octanol–water partition coefficient (Wildman–Crippen LogP) is 1.91. The highest BCUT2D eigenvalue weighted by Gasteiger charge is 2.39. The number of carbonyl (C=O) groups excluding carboxylic acids is 1. The zero-order valence-electron chi connectivity index (χ0n) is 15.7. The molecule has 2 aromatic rings. The first-order valence-corrected chi connectivity index (χ1v) is 9.25. The zero-order valence-corrected chi connectivity index (χ0v) is 16.4. The molecule has 8 heteroatoms. The number of benzene rings is 1. The number of hydrogen-bond donors (Lipinski definition) is 1. The number of rotatable bonds is 7. The Morgan fingerprint density at radius 3 is 2.96 bits per heavy atom. The summed E-state index contributed by atoms with van der Waals surface area (Å²) in [6.45, 7) is 4.77. The summed E-state index contributed by atoms with van der Waals surface area (Å²) in [4.78, 5) is 13.9. The van der Waals surface area contributed by atoms with Gasteiger partial charge in [-0.2, -0.15) is 5.10 Å². The first-order valence-electron chi connectivity index (χ1n) is 8.87. The Morgan fingerprint density at radius 1 is 1.48 bits per heavy atom. The molecule has 1 atom stereocenters. The first-order chi connectivity index (χ1) is 12.8. The molecule has 0 unspecified atom stereocenters. The zero-order chi connectivity index (χ0) is 19.4. The number of nitrogens with two attached hydrogens (primary N) is 1. The van der Waals surface area contributed by atoms with Gasteiger partial charge in [0.2, 0.25) is 5.91 Å². The lowest BCUT2D eigenvalue weighted by molar-refractivity contribution is -0.148. The van der Waals surface area contributed by atoms with Gasteiger partial charge in [-0.25, -0.2) is 0 Å². The van der Waals surface area contributed by atoms with E-state index in [-0.39, 0.29) is 13.0 Å². The predicted molar refractivity (Wildman–Crippen MR) is 103 cm³/mol. The lowest BCUT2D eigenvalue weighted by Crippen LogP contribution is -2.56. The highest BCUT2D eigenvalue weighted by atomic mass is 35.5. The number of primary amides is 1. The van der Waals surface area contributed by atoms with E-state index in [9.17, 15) is 4.79 Å². The van der Waals surface area contributed by atoms with Crippen LogP contribution in [-0.2, 0) is 23.1 Å². The number of halogens is 1. The Labute approximate surface area is 164 Å². The topological polar surface area (TPSA) is 82.6 Å². The fraction of sp³-hybridized carbons (Fsp3) is 0.474. The van der Waals surface area contributed by atoms with E-state index in [0.717, 1.165) is 24.3 Å². The van der Waals surface area contributed by atoms with Crippen LogP contribution in [0.25, 0.3) is 0 Å². The van der Waals surface area contributed by atoms with Crippen LogP contribution in [-0.4, -0.2) is 52.5 Å². The van der Waals surface area contributed by atoms with Crippen LogP contribution >= 0.6 is 11.6 Å². The second-order valence-corrected chi connectivity index (χ2v) is 7.48. The van der Waals surface area contributed by atoms with Crippen molar-refractivity contribution in [3.63, 3.8) is 0 Å². The molecule has 1 amide bonds. The lowest BCUT2D eigenvalue weighted by Gasteiger charge is -2.42. The van der Waals surface area contributed by atoms with Gasteiger partial charge in [0.15, 0.2) is 0 Å². The van der Waals surface area contributed by atoms with Crippen LogP contribution in [0.4, 0.5) is 0 Å². The first kappa shape index (κ1) is 19.7. The number of hydrogen-bond acceptors (Lipinski definition) is 5. The molecule has 0 spiro atoms. The van der Waals surface area contributed by atoms with E-state index in [2.05, 4.69) is 10.00 Å². The van der Waals surface area contributed by atoms with E-state index in [4.69, 9.17) is 26.8 Å². The molecule has 146 valence electrons. The number of aromatic nitrogens is 2. The van der Waals surface area contributed by atoms with Crippen LogP contribution in [0, 0.1) is 6.92 Å². The Balaban J connectivity index is 1.72. The molecule has 1 aromatic carbocycles. The summed E-state index contributed by atoms with van der Waals surface area (Å²) in [6, 6.07) is 7.16. The van der Waals surface area contributed by atoms with Gasteiger partial charge < -0.3 is 15.2 Å². The fourth-order valence-corrected chi connectivity index (χ4v) is 3.62. The molecule has 3 rings (SSSR count). The summed E-state index contributed by atoms with van der Waals surface area (Å²) in [5, 5.41) is 4.99. The number of ether oxygens (including phenoxy) is 2. The van der Waals surface area contributed by atoms with E-state index in [0.29, 0.717) is 23.9 Å². The summed E-state index contributed by atoms with van der Waals surface area (Å²) in [5.74, 6) is 0.222. The number of amides is 1. The molecule has 1 aliphatic rings. The van der Waals surface area contributed by atoms with Crippen molar-refractivity contribution >= 4 is 17.5 Å². The van der Waals surface area contributed by atoms with Crippen molar-refractivity contribution in [3.05, 3.63) is 46.7 Å². The smallest absolute Gasteiger partial charge is 0.220 e. The van der Waals surface area contributed by atoms with Gasteiger partial charge in [-0.05, 0) is 25.1 Å². The van der Waals surface area contributed by atoms with Gasteiger partial charge in [-0.15, -0.1) is 0 Å². The third kappa shape index (κ3) is 5.22. The molecule has 1 saturated heterocycles. The van der Waals surface area contributed by atoms with Gasteiger partial charge in [-0.3, -0.25) is 14.4 Å². The van der Waals surface area contributed by atoms with Gasteiger partial charge in [0, 0.05) is 43.5 Å². The normalized spacial score (nSPS) is 20.6. The molecule has 2 heterocycles. The SMILES string of the molecule is Cc1nn(C)cc1CN1CCO[C@](COc2cccc(Cl)c2)(CC(N)=O)C1. The third-order valence-electron chi connectivity index (χ3n) is 4.63. The Hall–Kier alpha value is -2.09. The van der Waals surface area contributed by atoms with E-state index >= 15 is 0 Å². The Bertz CT molecular complexity index is 810. The van der Waals surface area contributed by atoms with Gasteiger partial charge in [0.25, 0.3) is 0 Å². The maximum Gasteiger partial charge on any atom is 0.220 e. The van der Waals surface area contributed by atoms with Crippen molar-refractivity contribution in [2.75, 3.05) is 26.3 Å². The van der Waals surface area contributed by atoms with Crippen LogP contribution in [0.1, 0.15) is 17.7 Å². The van der Waals surface area contributed by atoms with Crippen molar-refractivity contribution < 1.29 is 14.3 Å². The molecule has 27 heavy (non-hydrogen) atoms. The summed E-state index contributed by atoms with van der Waals surface area (Å²) >= 11 is 6.01. The van der Waals surface area contributed by atoms with E-state index in [1.807, 2.05) is 37.0 Å². The number of aryl methyl sites for hydroxylation is 2. The van der Waals surface area contributed by atoms with E-state index in [1.54, 1.807) is 12.1 Å². The minimum atomic E-state index is -0.789.